The highest BCUT2D eigenvalue weighted by Gasteiger charge is 2.20. The number of nitrogens with zero attached hydrogens (tertiary/aromatic N) is 1. The molecule has 0 spiro atoms. The highest BCUT2D eigenvalue weighted by atomic mass is 32.2. The summed E-state index contributed by atoms with van der Waals surface area (Å²) in [6, 6.07) is 10.9. The molecule has 0 aliphatic heterocycles. The number of aryl methyl sites for hydroxylation is 2. The Morgan fingerprint density at radius 1 is 1.10 bits per heavy atom. The smallest absolute Gasteiger partial charge is 0.0496 e. The molecular weight excluding hydrogens is 264 g/mol. The van der Waals surface area contributed by atoms with Gasteiger partial charge in [0.1, 0.15) is 0 Å². The summed E-state index contributed by atoms with van der Waals surface area (Å²) in [4.78, 5) is 5.37. The average Bonchev–Trinajstić information content (AvgIpc) is 2.48. The van der Waals surface area contributed by atoms with Gasteiger partial charge in [0.05, 0.1) is 0 Å². The van der Waals surface area contributed by atoms with E-state index in [4.69, 9.17) is 5.73 Å². The van der Waals surface area contributed by atoms with E-state index in [1.807, 2.05) is 24.2 Å². The summed E-state index contributed by atoms with van der Waals surface area (Å²) in [5.74, 6) is 0. The zero-order valence-electron chi connectivity index (χ0n) is 12.3. The molecule has 1 aromatic carbocycles. The Morgan fingerprint density at radius 2 is 1.80 bits per heavy atom. The molecule has 2 nitrogen and oxygen atoms in total. The standard InChI is InChI=1S/C17H22N2S/c1-4-16(18)17(14-7-9-19-10-8-14)20-15-6-5-12(2)13(3)11-15/h5-11,16-17H,4,18H2,1-3H3. The van der Waals surface area contributed by atoms with Crippen LogP contribution in [0.3, 0.4) is 0 Å². The summed E-state index contributed by atoms with van der Waals surface area (Å²) < 4.78 is 0. The van der Waals surface area contributed by atoms with Crippen LogP contribution in [0.5, 0.6) is 0 Å². The van der Waals surface area contributed by atoms with Crippen LogP contribution in [-0.4, -0.2) is 11.0 Å². The van der Waals surface area contributed by atoms with E-state index >= 15 is 0 Å². The molecule has 1 heterocycles. The van der Waals surface area contributed by atoms with Crippen molar-refractivity contribution in [2.24, 2.45) is 5.73 Å². The van der Waals surface area contributed by atoms with Crippen LogP contribution >= 0.6 is 11.8 Å². The van der Waals surface area contributed by atoms with Gasteiger partial charge < -0.3 is 5.73 Å². The highest BCUT2D eigenvalue weighted by Crippen LogP contribution is 2.38. The largest absolute Gasteiger partial charge is 0.326 e. The summed E-state index contributed by atoms with van der Waals surface area (Å²) in [7, 11) is 0. The minimum Gasteiger partial charge on any atom is -0.326 e. The van der Waals surface area contributed by atoms with Crippen LogP contribution in [0.4, 0.5) is 0 Å². The number of hydrogen-bond donors (Lipinski definition) is 1. The molecule has 0 fully saturated rings. The molecule has 2 unspecified atom stereocenters. The van der Waals surface area contributed by atoms with Gasteiger partial charge >= 0.3 is 0 Å². The summed E-state index contributed by atoms with van der Waals surface area (Å²) in [5.41, 5.74) is 10.2. The fourth-order valence-corrected chi connectivity index (χ4v) is 3.45. The fraction of sp³-hybridized carbons (Fsp3) is 0.353. The number of aromatic nitrogens is 1. The predicted molar refractivity (Wildman–Crippen MR) is 87.0 cm³/mol. The molecule has 0 saturated carbocycles. The quantitative estimate of drug-likeness (QED) is 0.834. The maximum Gasteiger partial charge on any atom is 0.0496 e. The molecule has 0 aliphatic rings. The molecule has 0 bridgehead atoms. The number of nitrogens with two attached hydrogens (primary N) is 1. The first kappa shape index (κ1) is 15.1. The van der Waals surface area contributed by atoms with Gasteiger partial charge in [-0.1, -0.05) is 13.0 Å². The van der Waals surface area contributed by atoms with Gasteiger partial charge in [0, 0.05) is 28.6 Å². The molecule has 2 atom stereocenters. The maximum absolute atomic E-state index is 6.32. The predicted octanol–water partition coefficient (Wildman–Crippen LogP) is 4.27. The molecule has 2 rings (SSSR count). The minimum atomic E-state index is 0.143. The molecule has 0 aliphatic carbocycles. The second-order valence-corrected chi connectivity index (χ2v) is 6.35. The lowest BCUT2D eigenvalue weighted by Gasteiger charge is -2.23. The van der Waals surface area contributed by atoms with Crippen LogP contribution in [0.2, 0.25) is 0 Å². The Bertz CT molecular complexity index is 554. The second-order valence-electron chi connectivity index (χ2n) is 5.14. The minimum absolute atomic E-state index is 0.143. The van der Waals surface area contributed by atoms with Gasteiger partial charge in [-0.3, -0.25) is 4.98 Å². The molecule has 20 heavy (non-hydrogen) atoms. The second kappa shape index (κ2) is 6.91. The molecule has 0 amide bonds. The lowest BCUT2D eigenvalue weighted by atomic mass is 10.1. The monoisotopic (exact) mass is 286 g/mol. The van der Waals surface area contributed by atoms with Crippen molar-refractivity contribution in [3.8, 4) is 0 Å². The normalized spacial score (nSPS) is 14.0. The Labute approximate surface area is 125 Å². The average molecular weight is 286 g/mol. The van der Waals surface area contributed by atoms with E-state index in [0.717, 1.165) is 6.42 Å². The van der Waals surface area contributed by atoms with Crippen LogP contribution in [0.1, 0.15) is 35.3 Å². The molecule has 0 saturated heterocycles. The number of benzene rings is 1. The van der Waals surface area contributed by atoms with E-state index in [1.165, 1.54) is 21.6 Å². The first-order valence-electron chi connectivity index (χ1n) is 7.01. The van der Waals surface area contributed by atoms with E-state index < -0.39 is 0 Å². The zero-order chi connectivity index (χ0) is 14.5. The van der Waals surface area contributed by atoms with Crippen molar-refractivity contribution < 1.29 is 0 Å². The third-order valence-corrected chi connectivity index (χ3v) is 5.04. The lowest BCUT2D eigenvalue weighted by Crippen LogP contribution is -2.25. The van der Waals surface area contributed by atoms with Crippen molar-refractivity contribution in [1.29, 1.82) is 0 Å². The van der Waals surface area contributed by atoms with Crippen LogP contribution in [0.25, 0.3) is 0 Å². The van der Waals surface area contributed by atoms with Crippen molar-refractivity contribution in [1.82, 2.24) is 4.98 Å². The van der Waals surface area contributed by atoms with E-state index in [-0.39, 0.29) is 11.3 Å². The van der Waals surface area contributed by atoms with Gasteiger partial charge in [0.25, 0.3) is 0 Å². The Morgan fingerprint density at radius 3 is 2.40 bits per heavy atom. The fourth-order valence-electron chi connectivity index (χ4n) is 2.10. The molecule has 1 aromatic heterocycles. The van der Waals surface area contributed by atoms with Crippen molar-refractivity contribution in [3.05, 3.63) is 59.4 Å². The third-order valence-electron chi connectivity index (χ3n) is 3.64. The van der Waals surface area contributed by atoms with E-state index in [0.29, 0.717) is 0 Å². The van der Waals surface area contributed by atoms with Gasteiger partial charge in [-0.05, 0) is 61.2 Å². The van der Waals surface area contributed by atoms with Crippen LogP contribution in [0.15, 0.2) is 47.6 Å². The molecule has 2 aromatic rings. The maximum atomic E-state index is 6.32. The highest BCUT2D eigenvalue weighted by molar-refractivity contribution is 7.99. The number of hydrogen-bond acceptors (Lipinski definition) is 3. The van der Waals surface area contributed by atoms with Crippen LogP contribution in [-0.2, 0) is 0 Å². The molecular formula is C17H22N2S. The first-order valence-corrected chi connectivity index (χ1v) is 7.89. The summed E-state index contributed by atoms with van der Waals surface area (Å²) in [5, 5.41) is 0.269. The van der Waals surface area contributed by atoms with E-state index in [1.54, 1.807) is 0 Å². The molecule has 0 radical (unpaired) electrons. The molecule has 106 valence electrons. The summed E-state index contributed by atoms with van der Waals surface area (Å²) in [6.45, 7) is 6.43. The molecule has 2 N–H and O–H groups in total. The molecule has 3 heteroatoms. The Balaban J connectivity index is 2.26. The number of pyridine rings is 1. The van der Waals surface area contributed by atoms with Gasteiger partial charge in [-0.15, -0.1) is 11.8 Å². The van der Waals surface area contributed by atoms with Gasteiger partial charge in [-0.25, -0.2) is 0 Å². The zero-order valence-corrected chi connectivity index (χ0v) is 13.2. The Kier molecular flexibility index (Phi) is 5.21. The SMILES string of the molecule is CCC(N)C(Sc1ccc(C)c(C)c1)c1ccncc1. The van der Waals surface area contributed by atoms with Crippen molar-refractivity contribution in [3.63, 3.8) is 0 Å². The van der Waals surface area contributed by atoms with Crippen LogP contribution < -0.4 is 5.73 Å². The van der Waals surface area contributed by atoms with Gasteiger partial charge in [-0.2, -0.15) is 0 Å². The van der Waals surface area contributed by atoms with Gasteiger partial charge in [0.15, 0.2) is 0 Å². The van der Waals surface area contributed by atoms with Crippen LogP contribution in [0, 0.1) is 13.8 Å². The first-order chi connectivity index (χ1) is 9.61. The van der Waals surface area contributed by atoms with Crippen molar-refractivity contribution in [2.75, 3.05) is 0 Å². The van der Waals surface area contributed by atoms with Crippen molar-refractivity contribution >= 4 is 11.8 Å². The number of thioether (sulfide) groups is 1. The Hall–Kier alpha value is -1.32. The topological polar surface area (TPSA) is 38.9 Å². The number of rotatable bonds is 5. The summed E-state index contributed by atoms with van der Waals surface area (Å²) >= 11 is 1.84. The van der Waals surface area contributed by atoms with E-state index in [9.17, 15) is 0 Å². The lowest BCUT2D eigenvalue weighted by molar-refractivity contribution is 0.633. The van der Waals surface area contributed by atoms with Crippen molar-refractivity contribution in [2.45, 2.75) is 43.4 Å². The van der Waals surface area contributed by atoms with Gasteiger partial charge in [0.2, 0.25) is 0 Å². The van der Waals surface area contributed by atoms with E-state index in [2.05, 4.69) is 56.1 Å². The third kappa shape index (κ3) is 3.62. The summed E-state index contributed by atoms with van der Waals surface area (Å²) in [6.07, 6.45) is 4.64.